The molecule has 0 fully saturated rings. The lowest BCUT2D eigenvalue weighted by atomic mass is 9.94. The summed E-state index contributed by atoms with van der Waals surface area (Å²) in [5.74, 6) is -0.190. The Labute approximate surface area is 162 Å². The molecule has 5 heteroatoms. The first-order valence-electron chi connectivity index (χ1n) is 9.15. The second kappa shape index (κ2) is 7.56. The van der Waals surface area contributed by atoms with Crippen LogP contribution in [0.1, 0.15) is 32.7 Å². The fraction of sp³-hybridized carbons (Fsp3) is 0.130. The zero-order valence-corrected chi connectivity index (χ0v) is 15.5. The van der Waals surface area contributed by atoms with Gasteiger partial charge < -0.3 is 4.98 Å². The second-order valence-corrected chi connectivity index (χ2v) is 6.67. The Bertz CT molecular complexity index is 1200. The number of benzene rings is 2. The van der Waals surface area contributed by atoms with Crippen molar-refractivity contribution in [3.05, 3.63) is 105 Å². The highest BCUT2D eigenvalue weighted by molar-refractivity contribution is 6.16. The molecule has 28 heavy (non-hydrogen) atoms. The predicted octanol–water partition coefficient (Wildman–Crippen LogP) is 3.64. The highest BCUT2D eigenvalue weighted by Gasteiger charge is 2.21. The molecule has 138 valence electrons. The van der Waals surface area contributed by atoms with Gasteiger partial charge in [-0.3, -0.25) is 9.59 Å². The molecule has 0 bridgehead atoms. The van der Waals surface area contributed by atoms with Crippen LogP contribution in [0.5, 0.6) is 0 Å². The van der Waals surface area contributed by atoms with E-state index in [2.05, 4.69) is 27.1 Å². The summed E-state index contributed by atoms with van der Waals surface area (Å²) in [6.07, 6.45) is 2.78. The van der Waals surface area contributed by atoms with Crippen LogP contribution in [0.4, 0.5) is 0 Å². The van der Waals surface area contributed by atoms with Crippen LogP contribution >= 0.6 is 0 Å². The smallest absolute Gasteiger partial charge is 0.260 e. The molecule has 0 atom stereocenters. The Hall–Kier alpha value is -3.60. The standard InChI is InChI=1S/C23H19N3O2/c1-15-18(13-12-16-8-4-2-5-9-16)26-22-20(23(28)25-14-24-22)19(15)21(27)17-10-6-3-7-11-17/h2-11,14H,12-13H2,1H3,(H,24,25,26,28). The van der Waals surface area contributed by atoms with E-state index in [1.807, 2.05) is 43.3 Å². The van der Waals surface area contributed by atoms with Gasteiger partial charge in [0, 0.05) is 16.8 Å². The molecule has 4 rings (SSSR count). The minimum Gasteiger partial charge on any atom is -0.312 e. The van der Waals surface area contributed by atoms with Crippen LogP contribution in [0.15, 0.2) is 71.8 Å². The molecular weight excluding hydrogens is 350 g/mol. The number of H-pyrrole nitrogens is 1. The Morgan fingerprint density at radius 1 is 0.964 bits per heavy atom. The van der Waals surface area contributed by atoms with Crippen molar-refractivity contribution in [1.82, 2.24) is 15.0 Å². The molecule has 0 aliphatic carbocycles. The Balaban J connectivity index is 1.85. The Morgan fingerprint density at radius 3 is 2.36 bits per heavy atom. The summed E-state index contributed by atoms with van der Waals surface area (Å²) < 4.78 is 0. The van der Waals surface area contributed by atoms with Gasteiger partial charge in [-0.15, -0.1) is 0 Å². The SMILES string of the molecule is Cc1c(CCc2ccccc2)nc2nc[nH]c(=O)c2c1C(=O)c1ccccc1. The van der Waals surface area contributed by atoms with Crippen molar-refractivity contribution >= 4 is 16.8 Å². The maximum absolute atomic E-state index is 13.3. The fourth-order valence-electron chi connectivity index (χ4n) is 3.41. The first kappa shape index (κ1) is 17.8. The van der Waals surface area contributed by atoms with Crippen molar-refractivity contribution in [3.63, 3.8) is 0 Å². The maximum Gasteiger partial charge on any atom is 0.260 e. The van der Waals surface area contributed by atoms with Gasteiger partial charge in [0.05, 0.1) is 11.7 Å². The van der Waals surface area contributed by atoms with Crippen molar-refractivity contribution in [2.45, 2.75) is 19.8 Å². The summed E-state index contributed by atoms with van der Waals surface area (Å²) in [4.78, 5) is 37.1. The molecule has 0 unspecified atom stereocenters. The van der Waals surface area contributed by atoms with Crippen molar-refractivity contribution in [2.24, 2.45) is 0 Å². The van der Waals surface area contributed by atoms with Crippen molar-refractivity contribution in [1.29, 1.82) is 0 Å². The quantitative estimate of drug-likeness (QED) is 0.545. The van der Waals surface area contributed by atoms with E-state index in [1.54, 1.807) is 12.1 Å². The molecule has 2 aromatic heterocycles. The average Bonchev–Trinajstić information content (AvgIpc) is 2.74. The van der Waals surface area contributed by atoms with E-state index in [-0.39, 0.29) is 16.7 Å². The number of aryl methyl sites for hydroxylation is 2. The molecule has 2 aromatic carbocycles. The molecule has 0 aliphatic rings. The summed E-state index contributed by atoms with van der Waals surface area (Å²) in [7, 11) is 0. The van der Waals surface area contributed by atoms with E-state index in [4.69, 9.17) is 0 Å². The minimum atomic E-state index is -0.352. The van der Waals surface area contributed by atoms with Crippen LogP contribution in [0, 0.1) is 6.92 Å². The number of fused-ring (bicyclic) bond motifs is 1. The molecule has 0 saturated carbocycles. The van der Waals surface area contributed by atoms with Crippen molar-refractivity contribution < 1.29 is 4.79 Å². The number of ketones is 1. The van der Waals surface area contributed by atoms with Gasteiger partial charge in [-0.25, -0.2) is 9.97 Å². The normalized spacial score (nSPS) is 10.9. The van der Waals surface area contributed by atoms with Gasteiger partial charge in [-0.1, -0.05) is 60.7 Å². The lowest BCUT2D eigenvalue weighted by Gasteiger charge is -2.13. The second-order valence-electron chi connectivity index (χ2n) is 6.67. The molecule has 4 aromatic rings. The van der Waals surface area contributed by atoms with Crippen LogP contribution in [0.3, 0.4) is 0 Å². The molecule has 0 amide bonds. The van der Waals surface area contributed by atoms with Gasteiger partial charge in [-0.05, 0) is 30.9 Å². The van der Waals surface area contributed by atoms with Crippen LogP contribution in [0.25, 0.3) is 11.0 Å². The summed E-state index contributed by atoms with van der Waals surface area (Å²) >= 11 is 0. The number of carbonyl (C=O) groups is 1. The zero-order valence-electron chi connectivity index (χ0n) is 15.5. The van der Waals surface area contributed by atoms with Gasteiger partial charge in [0.1, 0.15) is 0 Å². The van der Waals surface area contributed by atoms with Gasteiger partial charge in [0.25, 0.3) is 5.56 Å². The van der Waals surface area contributed by atoms with Crippen LogP contribution in [-0.4, -0.2) is 20.7 Å². The highest BCUT2D eigenvalue weighted by atomic mass is 16.1. The van der Waals surface area contributed by atoms with Crippen molar-refractivity contribution in [2.75, 3.05) is 0 Å². The largest absolute Gasteiger partial charge is 0.312 e. The van der Waals surface area contributed by atoms with E-state index in [9.17, 15) is 9.59 Å². The third-order valence-electron chi connectivity index (χ3n) is 4.89. The fourth-order valence-corrected chi connectivity index (χ4v) is 3.41. The van der Waals surface area contributed by atoms with E-state index in [1.165, 1.54) is 11.9 Å². The molecule has 0 spiro atoms. The van der Waals surface area contributed by atoms with E-state index >= 15 is 0 Å². The number of hydrogen-bond acceptors (Lipinski definition) is 4. The van der Waals surface area contributed by atoms with Crippen LogP contribution in [0.2, 0.25) is 0 Å². The highest BCUT2D eigenvalue weighted by Crippen LogP contribution is 2.23. The molecule has 1 N–H and O–H groups in total. The third-order valence-corrected chi connectivity index (χ3v) is 4.89. The summed E-state index contributed by atoms with van der Waals surface area (Å²) in [6, 6.07) is 19.1. The average molecular weight is 369 g/mol. The maximum atomic E-state index is 13.3. The minimum absolute atomic E-state index is 0.190. The third kappa shape index (κ3) is 3.34. The van der Waals surface area contributed by atoms with E-state index in [0.717, 1.165) is 17.7 Å². The number of aromatic amines is 1. The lowest BCUT2D eigenvalue weighted by molar-refractivity contribution is 0.103. The number of nitrogens with zero attached hydrogens (tertiary/aromatic N) is 2. The van der Waals surface area contributed by atoms with Gasteiger partial charge in [-0.2, -0.15) is 0 Å². The number of nitrogens with one attached hydrogen (secondary N) is 1. The topological polar surface area (TPSA) is 75.7 Å². The lowest BCUT2D eigenvalue weighted by Crippen LogP contribution is -2.17. The number of carbonyl (C=O) groups excluding carboxylic acids is 1. The zero-order chi connectivity index (χ0) is 19.5. The Morgan fingerprint density at radius 2 is 1.64 bits per heavy atom. The molecule has 0 aliphatic heterocycles. The Kier molecular flexibility index (Phi) is 4.81. The number of aromatic nitrogens is 3. The molecule has 2 heterocycles. The monoisotopic (exact) mass is 369 g/mol. The first-order valence-corrected chi connectivity index (χ1v) is 9.15. The summed E-state index contributed by atoms with van der Waals surface area (Å²) in [6.45, 7) is 1.86. The molecule has 5 nitrogen and oxygen atoms in total. The first-order chi connectivity index (χ1) is 13.6. The molecular formula is C23H19N3O2. The van der Waals surface area contributed by atoms with Gasteiger partial charge in [0.2, 0.25) is 0 Å². The summed E-state index contributed by atoms with van der Waals surface area (Å²) in [5, 5.41) is 0.248. The number of hydrogen-bond donors (Lipinski definition) is 1. The van der Waals surface area contributed by atoms with Gasteiger partial charge in [0.15, 0.2) is 11.4 Å². The summed E-state index contributed by atoms with van der Waals surface area (Å²) in [5.41, 5.74) is 3.58. The van der Waals surface area contributed by atoms with E-state index < -0.39 is 0 Å². The number of pyridine rings is 1. The molecule has 0 saturated heterocycles. The molecule has 0 radical (unpaired) electrons. The van der Waals surface area contributed by atoms with Crippen molar-refractivity contribution in [3.8, 4) is 0 Å². The van der Waals surface area contributed by atoms with Crippen LogP contribution in [-0.2, 0) is 12.8 Å². The number of rotatable bonds is 5. The van der Waals surface area contributed by atoms with Crippen LogP contribution < -0.4 is 5.56 Å². The predicted molar refractivity (Wildman–Crippen MR) is 109 cm³/mol. The van der Waals surface area contributed by atoms with Gasteiger partial charge >= 0.3 is 0 Å². The van der Waals surface area contributed by atoms with E-state index in [0.29, 0.717) is 23.2 Å².